The molecule has 1 aromatic heterocycles. The largest absolute Gasteiger partial charge is 0.488 e. The number of benzene rings is 1. The van der Waals surface area contributed by atoms with Gasteiger partial charge in [-0.1, -0.05) is 23.4 Å². The Bertz CT molecular complexity index is 589. The molecule has 1 unspecified atom stereocenters. The molecule has 1 aliphatic heterocycles. The Morgan fingerprint density at radius 2 is 2.23 bits per heavy atom. The molecule has 0 fully saturated rings. The Balaban J connectivity index is 1.49. The first-order valence-electron chi connectivity index (χ1n) is 7.48. The van der Waals surface area contributed by atoms with Crippen LogP contribution in [0.25, 0.3) is 0 Å². The summed E-state index contributed by atoms with van der Waals surface area (Å²) in [6.45, 7) is 2.05. The molecular formula is C16H21N3O3. The molecule has 0 saturated carbocycles. The first-order chi connectivity index (χ1) is 10.7. The van der Waals surface area contributed by atoms with E-state index in [0.717, 1.165) is 18.7 Å². The fraction of sp³-hybridized carbons (Fsp3) is 0.500. The molecule has 3 rings (SSSR count). The van der Waals surface area contributed by atoms with Crippen LogP contribution in [0.5, 0.6) is 5.75 Å². The molecule has 118 valence electrons. The van der Waals surface area contributed by atoms with Gasteiger partial charge in [-0.05, 0) is 18.7 Å². The minimum absolute atomic E-state index is 0.179. The third-order valence-corrected chi connectivity index (χ3v) is 3.67. The minimum Gasteiger partial charge on any atom is -0.488 e. The van der Waals surface area contributed by atoms with E-state index in [-0.39, 0.29) is 6.10 Å². The van der Waals surface area contributed by atoms with Gasteiger partial charge in [0.05, 0.1) is 13.2 Å². The van der Waals surface area contributed by atoms with Crippen molar-refractivity contribution in [2.75, 3.05) is 27.3 Å². The molecule has 6 nitrogen and oxygen atoms in total. The summed E-state index contributed by atoms with van der Waals surface area (Å²) < 4.78 is 16.2. The summed E-state index contributed by atoms with van der Waals surface area (Å²) in [5.74, 6) is 2.32. The van der Waals surface area contributed by atoms with Crippen molar-refractivity contribution in [3.05, 3.63) is 41.5 Å². The molecule has 0 amide bonds. The van der Waals surface area contributed by atoms with Gasteiger partial charge in [0, 0.05) is 26.5 Å². The van der Waals surface area contributed by atoms with Crippen molar-refractivity contribution in [3.63, 3.8) is 0 Å². The summed E-state index contributed by atoms with van der Waals surface area (Å²) in [7, 11) is 3.69. The number of methoxy groups -OCH3 is 1. The number of aromatic nitrogens is 2. The van der Waals surface area contributed by atoms with Crippen molar-refractivity contribution >= 4 is 0 Å². The van der Waals surface area contributed by atoms with Crippen LogP contribution in [0, 0.1) is 0 Å². The van der Waals surface area contributed by atoms with Gasteiger partial charge >= 0.3 is 0 Å². The van der Waals surface area contributed by atoms with E-state index in [9.17, 15) is 0 Å². The summed E-state index contributed by atoms with van der Waals surface area (Å²) in [5, 5.41) is 3.95. The lowest BCUT2D eigenvalue weighted by Crippen LogP contribution is -2.31. The molecule has 1 aromatic carbocycles. The lowest BCUT2D eigenvalue weighted by atomic mass is 10.1. The van der Waals surface area contributed by atoms with Crippen LogP contribution < -0.4 is 4.74 Å². The predicted octanol–water partition coefficient (Wildman–Crippen LogP) is 1.69. The van der Waals surface area contributed by atoms with E-state index in [0.29, 0.717) is 31.3 Å². The number of fused-ring (bicyclic) bond motifs is 1. The average molecular weight is 303 g/mol. The molecular weight excluding hydrogens is 282 g/mol. The van der Waals surface area contributed by atoms with Gasteiger partial charge in [-0.3, -0.25) is 4.90 Å². The first-order valence-corrected chi connectivity index (χ1v) is 7.48. The standard InChI is InChI=1S/C16H21N3O3/c1-19(11-16-17-15(18-22-16)7-8-20-2)10-13-9-12-5-3-4-6-14(12)21-13/h3-6,13H,7-11H2,1-2H3. The first kappa shape index (κ1) is 15.0. The van der Waals surface area contributed by atoms with Gasteiger partial charge in [-0.2, -0.15) is 4.98 Å². The van der Waals surface area contributed by atoms with Gasteiger partial charge in [-0.15, -0.1) is 0 Å². The maximum absolute atomic E-state index is 5.95. The monoisotopic (exact) mass is 303 g/mol. The normalized spacial score (nSPS) is 16.8. The molecule has 0 bridgehead atoms. The maximum atomic E-state index is 5.95. The van der Waals surface area contributed by atoms with E-state index in [1.165, 1.54) is 5.56 Å². The van der Waals surface area contributed by atoms with Gasteiger partial charge in [0.15, 0.2) is 5.82 Å². The number of rotatable bonds is 7. The van der Waals surface area contributed by atoms with Crippen molar-refractivity contribution in [3.8, 4) is 5.75 Å². The number of ether oxygens (including phenoxy) is 2. The number of likely N-dealkylation sites (N-methyl/N-ethyl adjacent to an activating group) is 1. The van der Waals surface area contributed by atoms with Crippen molar-refractivity contribution in [1.29, 1.82) is 0 Å². The highest BCUT2D eigenvalue weighted by molar-refractivity contribution is 5.37. The molecule has 2 aromatic rings. The SMILES string of the molecule is COCCc1noc(CN(C)CC2Cc3ccccc3O2)n1. The zero-order valence-corrected chi connectivity index (χ0v) is 13.0. The van der Waals surface area contributed by atoms with Crippen LogP contribution in [0.1, 0.15) is 17.3 Å². The predicted molar refractivity (Wildman–Crippen MR) is 80.8 cm³/mol. The topological polar surface area (TPSA) is 60.6 Å². The van der Waals surface area contributed by atoms with Gasteiger partial charge < -0.3 is 14.0 Å². The molecule has 0 spiro atoms. The molecule has 6 heteroatoms. The zero-order chi connectivity index (χ0) is 15.4. The fourth-order valence-electron chi connectivity index (χ4n) is 2.65. The third kappa shape index (κ3) is 3.64. The van der Waals surface area contributed by atoms with Crippen molar-refractivity contribution in [1.82, 2.24) is 15.0 Å². The second-order valence-electron chi connectivity index (χ2n) is 5.60. The Labute approximate surface area is 130 Å². The highest BCUT2D eigenvalue weighted by atomic mass is 16.5. The van der Waals surface area contributed by atoms with Crippen LogP contribution >= 0.6 is 0 Å². The minimum atomic E-state index is 0.179. The van der Waals surface area contributed by atoms with Gasteiger partial charge in [-0.25, -0.2) is 0 Å². The summed E-state index contributed by atoms with van der Waals surface area (Å²) in [6, 6.07) is 8.20. The molecule has 0 aliphatic carbocycles. The Morgan fingerprint density at radius 3 is 3.05 bits per heavy atom. The van der Waals surface area contributed by atoms with E-state index in [1.807, 2.05) is 25.2 Å². The van der Waals surface area contributed by atoms with E-state index < -0.39 is 0 Å². The van der Waals surface area contributed by atoms with E-state index >= 15 is 0 Å². The molecule has 0 radical (unpaired) electrons. The third-order valence-electron chi connectivity index (χ3n) is 3.67. The van der Waals surface area contributed by atoms with E-state index in [2.05, 4.69) is 21.1 Å². The van der Waals surface area contributed by atoms with Gasteiger partial charge in [0.1, 0.15) is 11.9 Å². The van der Waals surface area contributed by atoms with Crippen molar-refractivity contribution < 1.29 is 14.0 Å². The molecule has 0 saturated heterocycles. The Kier molecular flexibility index (Phi) is 4.70. The van der Waals surface area contributed by atoms with E-state index in [1.54, 1.807) is 7.11 Å². The maximum Gasteiger partial charge on any atom is 0.240 e. The molecule has 1 aliphatic rings. The summed E-state index contributed by atoms with van der Waals surface area (Å²) in [6.07, 6.45) is 1.80. The molecule has 0 N–H and O–H groups in total. The summed E-state index contributed by atoms with van der Waals surface area (Å²) >= 11 is 0. The number of hydrogen-bond donors (Lipinski definition) is 0. The smallest absolute Gasteiger partial charge is 0.240 e. The van der Waals surface area contributed by atoms with Crippen LogP contribution in [0.15, 0.2) is 28.8 Å². The Morgan fingerprint density at radius 1 is 1.36 bits per heavy atom. The summed E-state index contributed by atoms with van der Waals surface area (Å²) in [5.41, 5.74) is 1.28. The second-order valence-corrected chi connectivity index (χ2v) is 5.60. The average Bonchev–Trinajstić information content (AvgIpc) is 3.10. The van der Waals surface area contributed by atoms with E-state index in [4.69, 9.17) is 14.0 Å². The Hall–Kier alpha value is -1.92. The molecule has 1 atom stereocenters. The lowest BCUT2D eigenvalue weighted by Gasteiger charge is -2.18. The van der Waals surface area contributed by atoms with Crippen LogP contribution in [-0.4, -0.2) is 48.5 Å². The van der Waals surface area contributed by atoms with Crippen molar-refractivity contribution in [2.45, 2.75) is 25.5 Å². The fourth-order valence-corrected chi connectivity index (χ4v) is 2.65. The van der Waals surface area contributed by atoms with Crippen molar-refractivity contribution in [2.24, 2.45) is 0 Å². The van der Waals surface area contributed by atoms with Crippen LogP contribution in [-0.2, 0) is 24.1 Å². The highest BCUT2D eigenvalue weighted by Crippen LogP contribution is 2.28. The van der Waals surface area contributed by atoms with Crippen LogP contribution in [0.3, 0.4) is 0 Å². The molecule has 22 heavy (non-hydrogen) atoms. The number of hydrogen-bond acceptors (Lipinski definition) is 6. The number of nitrogens with zero attached hydrogens (tertiary/aromatic N) is 3. The van der Waals surface area contributed by atoms with Crippen LogP contribution in [0.2, 0.25) is 0 Å². The van der Waals surface area contributed by atoms with Gasteiger partial charge in [0.25, 0.3) is 0 Å². The van der Waals surface area contributed by atoms with Crippen LogP contribution in [0.4, 0.5) is 0 Å². The van der Waals surface area contributed by atoms with Gasteiger partial charge in [0.2, 0.25) is 5.89 Å². The lowest BCUT2D eigenvalue weighted by molar-refractivity contribution is 0.155. The quantitative estimate of drug-likeness (QED) is 0.776. The second kappa shape index (κ2) is 6.89. The number of para-hydroxylation sites is 1. The highest BCUT2D eigenvalue weighted by Gasteiger charge is 2.24. The summed E-state index contributed by atoms with van der Waals surface area (Å²) in [4.78, 5) is 6.50. The zero-order valence-electron chi connectivity index (χ0n) is 13.0. The molecule has 2 heterocycles.